The lowest BCUT2D eigenvalue weighted by Gasteiger charge is -2.09. The summed E-state index contributed by atoms with van der Waals surface area (Å²) in [6.07, 6.45) is 0. The molecule has 4 rings (SSSR count). The zero-order chi connectivity index (χ0) is 21.3. The first-order chi connectivity index (χ1) is 14.5. The van der Waals surface area contributed by atoms with Crippen LogP contribution in [0.1, 0.15) is 27.9 Å². The van der Waals surface area contributed by atoms with Crippen LogP contribution in [-0.2, 0) is 13.1 Å². The van der Waals surface area contributed by atoms with Crippen molar-refractivity contribution in [3.63, 3.8) is 0 Å². The summed E-state index contributed by atoms with van der Waals surface area (Å²) in [5.41, 5.74) is 3.11. The van der Waals surface area contributed by atoms with Gasteiger partial charge in [-0.05, 0) is 37.6 Å². The van der Waals surface area contributed by atoms with Gasteiger partial charge in [0.15, 0.2) is 0 Å². The van der Waals surface area contributed by atoms with Gasteiger partial charge in [-0.25, -0.2) is 4.98 Å². The van der Waals surface area contributed by atoms with Gasteiger partial charge >= 0.3 is 11.1 Å². The Balaban J connectivity index is 1.50. The molecule has 1 amide bonds. The molecule has 0 fully saturated rings. The fraction of sp³-hybridized carbons (Fsp3) is 0.182. The summed E-state index contributed by atoms with van der Waals surface area (Å²) in [5, 5.41) is 5.93. The van der Waals surface area contributed by atoms with Gasteiger partial charge in [0, 0.05) is 29.6 Å². The molecule has 152 valence electrons. The molecular weight excluding hydrogens is 400 g/mol. The fourth-order valence-corrected chi connectivity index (χ4v) is 3.93. The van der Waals surface area contributed by atoms with Crippen molar-refractivity contribution >= 4 is 28.3 Å². The second kappa shape index (κ2) is 8.08. The molecule has 2 aromatic heterocycles. The van der Waals surface area contributed by atoms with Crippen LogP contribution in [0, 0.1) is 6.92 Å². The van der Waals surface area contributed by atoms with Crippen LogP contribution in [0.5, 0.6) is 0 Å². The van der Waals surface area contributed by atoms with Gasteiger partial charge in [-0.15, -0.1) is 11.3 Å². The van der Waals surface area contributed by atoms with E-state index in [0.29, 0.717) is 29.7 Å². The number of aromatic amines is 1. The Labute approximate surface area is 176 Å². The zero-order valence-corrected chi connectivity index (χ0v) is 17.4. The Hall–Kier alpha value is -3.52. The summed E-state index contributed by atoms with van der Waals surface area (Å²) >= 11 is 1.61. The predicted molar refractivity (Wildman–Crippen MR) is 118 cm³/mol. The topological polar surface area (TPSA) is 96.9 Å². The van der Waals surface area contributed by atoms with E-state index < -0.39 is 11.1 Å². The molecule has 30 heavy (non-hydrogen) atoms. The highest BCUT2D eigenvalue weighted by Gasteiger charge is 2.11. The number of hydrogen-bond donors (Lipinski definition) is 2. The molecule has 0 aliphatic rings. The molecule has 4 aromatic rings. The van der Waals surface area contributed by atoms with Gasteiger partial charge in [-0.2, -0.15) is 0 Å². The van der Waals surface area contributed by atoms with Gasteiger partial charge < -0.3 is 14.9 Å². The number of nitrogens with one attached hydrogen (secondary N) is 2. The van der Waals surface area contributed by atoms with Crippen molar-refractivity contribution in [2.45, 2.75) is 26.9 Å². The van der Waals surface area contributed by atoms with Crippen LogP contribution >= 0.6 is 11.3 Å². The molecule has 2 heterocycles. The molecule has 2 aromatic carbocycles. The van der Waals surface area contributed by atoms with E-state index >= 15 is 0 Å². The zero-order valence-electron chi connectivity index (χ0n) is 16.6. The van der Waals surface area contributed by atoms with Crippen LogP contribution < -0.4 is 16.4 Å². The lowest BCUT2D eigenvalue weighted by Crippen LogP contribution is -2.36. The van der Waals surface area contributed by atoms with E-state index in [1.165, 1.54) is 4.57 Å². The van der Waals surface area contributed by atoms with Gasteiger partial charge in [0.1, 0.15) is 0 Å². The number of H-pyrrole nitrogens is 1. The second-order valence-electron chi connectivity index (χ2n) is 6.87. The quantitative estimate of drug-likeness (QED) is 0.485. The van der Waals surface area contributed by atoms with Crippen molar-refractivity contribution in [3.05, 3.63) is 84.7 Å². The van der Waals surface area contributed by atoms with E-state index in [9.17, 15) is 14.4 Å². The van der Waals surface area contributed by atoms with Crippen molar-refractivity contribution in [2.24, 2.45) is 0 Å². The van der Waals surface area contributed by atoms with E-state index in [1.54, 1.807) is 36.5 Å². The molecule has 0 saturated carbocycles. The molecule has 0 atom stereocenters. The van der Waals surface area contributed by atoms with E-state index in [1.807, 2.05) is 36.6 Å². The minimum atomic E-state index is -0.697. The van der Waals surface area contributed by atoms with Crippen LogP contribution in [0.3, 0.4) is 0 Å². The van der Waals surface area contributed by atoms with Gasteiger partial charge in [0.25, 0.3) is 5.91 Å². The molecule has 0 spiro atoms. The van der Waals surface area contributed by atoms with E-state index in [0.717, 1.165) is 21.8 Å². The van der Waals surface area contributed by atoms with Crippen LogP contribution in [0.15, 0.2) is 57.4 Å². The molecular formula is C22H20N4O3S. The Morgan fingerprint density at radius 1 is 1.17 bits per heavy atom. The lowest BCUT2D eigenvalue weighted by molar-refractivity contribution is 0.0951. The summed E-state index contributed by atoms with van der Waals surface area (Å²) < 4.78 is 1.39. The molecule has 0 radical (unpaired) electrons. The maximum atomic E-state index is 12.6. The summed E-state index contributed by atoms with van der Waals surface area (Å²) in [4.78, 5) is 43.4. The standard InChI is InChI=1S/C22H20N4O3S/c1-3-26-19-9-8-16(10-17(19)25-21(28)22(26)29)20(27)23-11-14-4-6-15(7-5-14)18-12-30-13(2)24-18/h4-10,12H,3,11H2,1-2H3,(H,23,27)(H,25,28). The summed E-state index contributed by atoms with van der Waals surface area (Å²) in [6.45, 7) is 4.52. The van der Waals surface area contributed by atoms with Crippen molar-refractivity contribution < 1.29 is 4.79 Å². The third-order valence-corrected chi connectivity index (χ3v) is 5.65. The fourth-order valence-electron chi connectivity index (χ4n) is 3.31. The Bertz CT molecular complexity index is 1350. The smallest absolute Gasteiger partial charge is 0.316 e. The molecule has 0 bridgehead atoms. The van der Waals surface area contributed by atoms with Crippen LogP contribution in [-0.4, -0.2) is 20.4 Å². The van der Waals surface area contributed by atoms with Crippen LogP contribution in [0.4, 0.5) is 0 Å². The van der Waals surface area contributed by atoms with Crippen molar-refractivity contribution in [1.82, 2.24) is 19.9 Å². The van der Waals surface area contributed by atoms with Gasteiger partial charge in [-0.3, -0.25) is 14.4 Å². The number of nitrogens with zero attached hydrogens (tertiary/aromatic N) is 2. The minimum Gasteiger partial charge on any atom is -0.348 e. The third-order valence-electron chi connectivity index (χ3n) is 4.88. The van der Waals surface area contributed by atoms with Gasteiger partial charge in [0.2, 0.25) is 0 Å². The lowest BCUT2D eigenvalue weighted by atomic mass is 10.1. The number of hydrogen-bond acceptors (Lipinski definition) is 5. The normalized spacial score (nSPS) is 11.0. The van der Waals surface area contributed by atoms with E-state index in [-0.39, 0.29) is 5.91 Å². The molecule has 7 nitrogen and oxygen atoms in total. The largest absolute Gasteiger partial charge is 0.348 e. The number of amides is 1. The first-order valence-electron chi connectivity index (χ1n) is 9.53. The number of aromatic nitrogens is 3. The molecule has 0 unspecified atom stereocenters. The van der Waals surface area contributed by atoms with Gasteiger partial charge in [-0.1, -0.05) is 24.3 Å². The average Bonchev–Trinajstić information content (AvgIpc) is 3.19. The first kappa shape index (κ1) is 19.8. The molecule has 0 saturated heterocycles. The monoisotopic (exact) mass is 420 g/mol. The maximum Gasteiger partial charge on any atom is 0.316 e. The minimum absolute atomic E-state index is 0.258. The Morgan fingerprint density at radius 3 is 2.60 bits per heavy atom. The predicted octanol–water partition coefficient (Wildman–Crippen LogP) is 3.07. The van der Waals surface area contributed by atoms with Crippen LogP contribution in [0.25, 0.3) is 22.3 Å². The maximum absolute atomic E-state index is 12.6. The van der Waals surface area contributed by atoms with Crippen molar-refractivity contribution in [1.29, 1.82) is 0 Å². The first-order valence-corrected chi connectivity index (χ1v) is 10.4. The summed E-state index contributed by atoms with van der Waals surface area (Å²) in [5.74, 6) is -0.258. The van der Waals surface area contributed by atoms with E-state index in [4.69, 9.17) is 0 Å². The highest BCUT2D eigenvalue weighted by Crippen LogP contribution is 2.21. The molecule has 0 aliphatic carbocycles. The van der Waals surface area contributed by atoms with Gasteiger partial charge in [0.05, 0.1) is 21.7 Å². The highest BCUT2D eigenvalue weighted by molar-refractivity contribution is 7.09. The highest BCUT2D eigenvalue weighted by atomic mass is 32.1. The van der Waals surface area contributed by atoms with Crippen molar-refractivity contribution in [3.8, 4) is 11.3 Å². The Kier molecular flexibility index (Phi) is 5.33. The Morgan fingerprint density at radius 2 is 1.93 bits per heavy atom. The third kappa shape index (κ3) is 3.81. The van der Waals surface area contributed by atoms with Crippen molar-refractivity contribution in [2.75, 3.05) is 0 Å². The second-order valence-corrected chi connectivity index (χ2v) is 7.93. The number of aryl methyl sites for hydroxylation is 2. The molecule has 0 aliphatic heterocycles. The summed E-state index contributed by atoms with van der Waals surface area (Å²) in [6, 6.07) is 12.8. The molecule has 8 heteroatoms. The average molecular weight is 420 g/mol. The van der Waals surface area contributed by atoms with Crippen LogP contribution in [0.2, 0.25) is 0 Å². The SMILES string of the molecule is CCn1c(=O)c(=O)[nH]c2cc(C(=O)NCc3ccc(-c4csc(C)n4)cc3)ccc21. The number of fused-ring (bicyclic) bond motifs is 1. The number of thiazole rings is 1. The number of benzene rings is 2. The number of rotatable bonds is 5. The number of carbonyl (C=O) groups excluding carboxylic acids is 1. The summed E-state index contributed by atoms with van der Waals surface area (Å²) in [7, 11) is 0. The molecule has 2 N–H and O–H groups in total. The number of carbonyl (C=O) groups is 1. The van der Waals surface area contributed by atoms with E-state index in [2.05, 4.69) is 15.3 Å².